The van der Waals surface area contributed by atoms with E-state index in [0.717, 1.165) is 5.56 Å². The maximum atomic E-state index is 11.4. The summed E-state index contributed by atoms with van der Waals surface area (Å²) >= 11 is 0. The van der Waals surface area contributed by atoms with Crippen LogP contribution in [0.3, 0.4) is 0 Å². The Kier molecular flexibility index (Phi) is 5.32. The largest absolute Gasteiger partial charge is 0.479 e. The van der Waals surface area contributed by atoms with E-state index in [-0.39, 0.29) is 6.54 Å². The highest BCUT2D eigenvalue weighted by Crippen LogP contribution is 2.16. The molecule has 0 aliphatic heterocycles. The van der Waals surface area contributed by atoms with Crippen molar-refractivity contribution < 1.29 is 19.8 Å². The zero-order valence-electron chi connectivity index (χ0n) is 10.9. The molecule has 0 aromatic heterocycles. The number of hydrogen-bond donors (Lipinski definition) is 4. The minimum Gasteiger partial charge on any atom is -0.479 e. The van der Waals surface area contributed by atoms with Gasteiger partial charge in [0, 0.05) is 5.69 Å². The molecule has 0 heterocycles. The zero-order valence-corrected chi connectivity index (χ0v) is 10.9. The molecule has 1 unspecified atom stereocenters. The van der Waals surface area contributed by atoms with Crippen LogP contribution in [0.4, 0.5) is 10.5 Å². The van der Waals surface area contributed by atoms with Crippen LogP contribution in [0.5, 0.6) is 0 Å². The molecule has 0 aliphatic rings. The number of carbonyl (C=O) groups excluding carboxylic acids is 1. The number of aliphatic hydroxyl groups is 1. The van der Waals surface area contributed by atoms with Gasteiger partial charge in [-0.1, -0.05) is 26.0 Å². The number of amides is 2. The molecule has 19 heavy (non-hydrogen) atoms. The maximum absolute atomic E-state index is 11.4. The Bertz CT molecular complexity index is 442. The molecule has 6 nitrogen and oxygen atoms in total. The Morgan fingerprint density at radius 2 is 1.79 bits per heavy atom. The zero-order chi connectivity index (χ0) is 14.4. The Morgan fingerprint density at radius 3 is 2.26 bits per heavy atom. The normalized spacial score (nSPS) is 12.0. The molecule has 1 rings (SSSR count). The molecule has 0 saturated heterocycles. The van der Waals surface area contributed by atoms with Crippen LogP contribution in [0.2, 0.25) is 0 Å². The molecule has 0 radical (unpaired) electrons. The summed E-state index contributed by atoms with van der Waals surface area (Å²) in [5.74, 6) is -0.963. The molecule has 1 aromatic rings. The van der Waals surface area contributed by atoms with Crippen molar-refractivity contribution in [2.45, 2.75) is 25.9 Å². The highest BCUT2D eigenvalue weighted by Gasteiger charge is 2.13. The summed E-state index contributed by atoms with van der Waals surface area (Å²) in [5.41, 5.74) is 1.76. The van der Waals surface area contributed by atoms with Crippen molar-refractivity contribution in [3.63, 3.8) is 0 Å². The van der Waals surface area contributed by atoms with Crippen LogP contribution in [0.15, 0.2) is 24.3 Å². The van der Waals surface area contributed by atoms with E-state index in [1.54, 1.807) is 12.1 Å². The summed E-state index contributed by atoms with van der Waals surface area (Å²) < 4.78 is 0. The standard InChI is InChI=1S/C13H18N2O4/c1-8(2)9-3-5-10(6-4-9)15-13(19)14-7-11(16)12(17)18/h3-6,8,11,16H,7H2,1-2H3,(H,17,18)(H2,14,15,19). The van der Waals surface area contributed by atoms with Crippen molar-refractivity contribution in [3.05, 3.63) is 29.8 Å². The second kappa shape index (κ2) is 6.75. The second-order valence-electron chi connectivity index (χ2n) is 4.47. The van der Waals surface area contributed by atoms with Gasteiger partial charge in [-0.25, -0.2) is 9.59 Å². The first-order chi connectivity index (χ1) is 8.90. The van der Waals surface area contributed by atoms with Crippen LogP contribution in [0, 0.1) is 0 Å². The van der Waals surface area contributed by atoms with Gasteiger partial charge >= 0.3 is 12.0 Å². The molecule has 6 heteroatoms. The van der Waals surface area contributed by atoms with Gasteiger partial charge in [-0.15, -0.1) is 0 Å². The number of carboxylic acids is 1. The molecule has 1 atom stereocenters. The fourth-order valence-electron chi connectivity index (χ4n) is 1.40. The van der Waals surface area contributed by atoms with Crippen molar-refractivity contribution in [2.75, 3.05) is 11.9 Å². The molecule has 1 aromatic carbocycles. The first kappa shape index (κ1) is 15.0. The van der Waals surface area contributed by atoms with Crippen LogP contribution in [0.1, 0.15) is 25.3 Å². The lowest BCUT2D eigenvalue weighted by Gasteiger charge is -2.10. The van der Waals surface area contributed by atoms with Gasteiger partial charge in [-0.05, 0) is 23.6 Å². The van der Waals surface area contributed by atoms with Gasteiger partial charge in [0.05, 0.1) is 6.54 Å². The highest BCUT2D eigenvalue weighted by atomic mass is 16.4. The lowest BCUT2D eigenvalue weighted by molar-refractivity contribution is -0.146. The summed E-state index contributed by atoms with van der Waals surface area (Å²) in [6.07, 6.45) is -1.60. The molecule has 0 aliphatic carbocycles. The number of aliphatic hydroxyl groups excluding tert-OH is 1. The predicted octanol–water partition coefficient (Wildman–Crippen LogP) is 1.38. The highest BCUT2D eigenvalue weighted by molar-refractivity contribution is 5.89. The number of aliphatic carboxylic acids is 1. The molecular weight excluding hydrogens is 248 g/mol. The second-order valence-corrected chi connectivity index (χ2v) is 4.47. The topological polar surface area (TPSA) is 98.7 Å². The maximum Gasteiger partial charge on any atom is 0.334 e. The lowest BCUT2D eigenvalue weighted by Crippen LogP contribution is -2.38. The first-order valence-electron chi connectivity index (χ1n) is 5.96. The van der Waals surface area contributed by atoms with E-state index in [0.29, 0.717) is 11.6 Å². The van der Waals surface area contributed by atoms with E-state index in [9.17, 15) is 9.59 Å². The Labute approximate surface area is 111 Å². The van der Waals surface area contributed by atoms with Crippen molar-refractivity contribution in [1.82, 2.24) is 5.32 Å². The third kappa shape index (κ3) is 4.97. The van der Waals surface area contributed by atoms with Crippen molar-refractivity contribution in [3.8, 4) is 0 Å². The average molecular weight is 266 g/mol. The summed E-state index contributed by atoms with van der Waals surface area (Å²) in [6.45, 7) is 3.80. The van der Waals surface area contributed by atoms with Crippen LogP contribution < -0.4 is 10.6 Å². The smallest absolute Gasteiger partial charge is 0.334 e. The number of anilines is 1. The number of benzene rings is 1. The van der Waals surface area contributed by atoms with Crippen LogP contribution in [-0.4, -0.2) is 34.9 Å². The Hall–Kier alpha value is -2.08. The van der Waals surface area contributed by atoms with E-state index >= 15 is 0 Å². The molecule has 0 fully saturated rings. The third-order valence-electron chi connectivity index (χ3n) is 2.58. The van der Waals surface area contributed by atoms with Crippen LogP contribution >= 0.6 is 0 Å². The molecule has 0 saturated carbocycles. The fraction of sp³-hybridized carbons (Fsp3) is 0.385. The van der Waals surface area contributed by atoms with Gasteiger partial charge in [-0.3, -0.25) is 0 Å². The molecule has 104 valence electrons. The van der Waals surface area contributed by atoms with Gasteiger partial charge in [0.15, 0.2) is 6.10 Å². The Morgan fingerprint density at radius 1 is 1.21 bits per heavy atom. The fourth-order valence-corrected chi connectivity index (χ4v) is 1.40. The van der Waals surface area contributed by atoms with E-state index in [1.165, 1.54) is 0 Å². The number of nitrogens with one attached hydrogen (secondary N) is 2. The molecule has 0 bridgehead atoms. The minimum absolute atomic E-state index is 0.342. The van der Waals surface area contributed by atoms with Gasteiger partial charge in [0.1, 0.15) is 0 Å². The van der Waals surface area contributed by atoms with Crippen molar-refractivity contribution in [2.24, 2.45) is 0 Å². The molecule has 2 amide bonds. The summed E-state index contributed by atoms with van der Waals surface area (Å²) in [5, 5.41) is 22.3. The van der Waals surface area contributed by atoms with Gasteiger partial charge in [-0.2, -0.15) is 0 Å². The third-order valence-corrected chi connectivity index (χ3v) is 2.58. The van der Waals surface area contributed by atoms with Crippen LogP contribution in [0.25, 0.3) is 0 Å². The number of urea groups is 1. The lowest BCUT2D eigenvalue weighted by atomic mass is 10.0. The number of carboxylic acid groups (broad SMARTS) is 1. The first-order valence-corrected chi connectivity index (χ1v) is 5.96. The van der Waals surface area contributed by atoms with Crippen molar-refractivity contribution >= 4 is 17.7 Å². The molecule has 0 spiro atoms. The van der Waals surface area contributed by atoms with Gasteiger partial charge < -0.3 is 20.8 Å². The predicted molar refractivity (Wildman–Crippen MR) is 71.2 cm³/mol. The molecular formula is C13H18N2O4. The van der Waals surface area contributed by atoms with Gasteiger partial charge in [0.25, 0.3) is 0 Å². The SMILES string of the molecule is CC(C)c1ccc(NC(=O)NCC(O)C(=O)O)cc1. The summed E-state index contributed by atoms with van der Waals surface area (Å²) in [4.78, 5) is 21.8. The van der Waals surface area contributed by atoms with E-state index in [4.69, 9.17) is 10.2 Å². The van der Waals surface area contributed by atoms with E-state index in [1.807, 2.05) is 12.1 Å². The quantitative estimate of drug-likeness (QED) is 0.647. The Balaban J connectivity index is 2.46. The monoisotopic (exact) mass is 266 g/mol. The van der Waals surface area contributed by atoms with E-state index in [2.05, 4.69) is 24.5 Å². The minimum atomic E-state index is -1.60. The van der Waals surface area contributed by atoms with Crippen LogP contribution in [-0.2, 0) is 4.79 Å². The number of rotatable bonds is 5. The summed E-state index contributed by atoms with van der Waals surface area (Å²) in [6, 6.07) is 6.79. The molecule has 4 N–H and O–H groups in total. The number of hydrogen-bond acceptors (Lipinski definition) is 3. The van der Waals surface area contributed by atoms with E-state index < -0.39 is 18.1 Å². The van der Waals surface area contributed by atoms with Crippen molar-refractivity contribution in [1.29, 1.82) is 0 Å². The summed E-state index contributed by atoms with van der Waals surface area (Å²) in [7, 11) is 0. The number of carbonyl (C=O) groups is 2. The van der Waals surface area contributed by atoms with Gasteiger partial charge in [0.2, 0.25) is 0 Å². The average Bonchev–Trinajstić information content (AvgIpc) is 2.36.